The van der Waals surface area contributed by atoms with Crippen molar-refractivity contribution in [1.82, 2.24) is 15.3 Å². The molecule has 0 aliphatic rings. The number of rotatable bonds is 3. The van der Waals surface area contributed by atoms with Gasteiger partial charge in [0, 0.05) is 34.0 Å². The molecule has 0 aliphatic carbocycles. The predicted molar refractivity (Wildman–Crippen MR) is 104 cm³/mol. The quantitative estimate of drug-likeness (QED) is 0.584. The van der Waals surface area contributed by atoms with Gasteiger partial charge in [0.05, 0.1) is 5.52 Å². The highest BCUT2D eigenvalue weighted by atomic mass is 16.1. The van der Waals surface area contributed by atoms with Crippen LogP contribution < -0.4 is 5.32 Å². The largest absolute Gasteiger partial charge is 0.323 e. The summed E-state index contributed by atoms with van der Waals surface area (Å²) in [5.74, 6) is 6.08. The second-order valence-corrected chi connectivity index (χ2v) is 5.72. The summed E-state index contributed by atoms with van der Waals surface area (Å²) < 4.78 is 0. The number of allylic oxidation sites excluding steroid dienone is 1. The fraction of sp³-hybridized carbons (Fsp3) is 0.0455. The van der Waals surface area contributed by atoms with Crippen molar-refractivity contribution >= 4 is 16.8 Å². The molecular formula is C22H17N3O. The Bertz CT molecular complexity index is 1080. The lowest BCUT2D eigenvalue weighted by Crippen LogP contribution is -2.21. The number of carbonyl (C=O) groups excluding carboxylic acids is 1. The molecule has 0 aliphatic heterocycles. The van der Waals surface area contributed by atoms with Crippen molar-refractivity contribution in [2.45, 2.75) is 6.92 Å². The van der Waals surface area contributed by atoms with E-state index in [1.165, 1.54) is 12.4 Å². The molecule has 1 amide bonds. The highest BCUT2D eigenvalue weighted by molar-refractivity contribution is 5.96. The summed E-state index contributed by atoms with van der Waals surface area (Å²) in [7, 11) is 0. The second kappa shape index (κ2) is 7.45. The molecular weight excluding hydrogens is 322 g/mol. The topological polar surface area (TPSA) is 54.9 Å². The lowest BCUT2D eigenvalue weighted by molar-refractivity contribution is 0.0967. The van der Waals surface area contributed by atoms with Crippen LogP contribution in [0.5, 0.6) is 0 Å². The third-order valence-electron chi connectivity index (χ3n) is 3.90. The van der Waals surface area contributed by atoms with Gasteiger partial charge in [-0.15, -0.1) is 0 Å². The number of benzene rings is 2. The Morgan fingerprint density at radius 3 is 2.81 bits per heavy atom. The third-order valence-corrected chi connectivity index (χ3v) is 3.90. The van der Waals surface area contributed by atoms with Gasteiger partial charge in [-0.3, -0.25) is 4.79 Å². The van der Waals surface area contributed by atoms with Crippen LogP contribution in [0.1, 0.15) is 27.0 Å². The van der Waals surface area contributed by atoms with Crippen molar-refractivity contribution < 1.29 is 4.79 Å². The van der Waals surface area contributed by atoms with E-state index in [-0.39, 0.29) is 5.91 Å². The SMILES string of the molecule is C=CC(=C)NC(=O)c1ccc(C)c(C#Cc2cccc3ncncc23)c1. The molecule has 0 fully saturated rings. The van der Waals surface area contributed by atoms with Crippen LogP contribution in [0, 0.1) is 18.8 Å². The average Bonchev–Trinajstić information content (AvgIpc) is 2.67. The van der Waals surface area contributed by atoms with E-state index in [0.29, 0.717) is 11.3 Å². The van der Waals surface area contributed by atoms with E-state index in [2.05, 4.69) is 40.3 Å². The van der Waals surface area contributed by atoms with Crippen LogP contribution in [0.25, 0.3) is 10.9 Å². The average molecular weight is 339 g/mol. The van der Waals surface area contributed by atoms with Crippen molar-refractivity contribution in [3.8, 4) is 11.8 Å². The number of nitrogens with zero attached hydrogens (tertiary/aromatic N) is 2. The van der Waals surface area contributed by atoms with Crippen molar-refractivity contribution in [3.05, 3.63) is 96.1 Å². The molecule has 26 heavy (non-hydrogen) atoms. The summed E-state index contributed by atoms with van der Waals surface area (Å²) in [6.45, 7) is 9.23. The van der Waals surface area contributed by atoms with Crippen molar-refractivity contribution in [1.29, 1.82) is 0 Å². The molecule has 4 heteroatoms. The first-order chi connectivity index (χ1) is 12.6. The van der Waals surface area contributed by atoms with E-state index < -0.39 is 0 Å². The van der Waals surface area contributed by atoms with E-state index in [1.807, 2.05) is 31.2 Å². The van der Waals surface area contributed by atoms with Gasteiger partial charge >= 0.3 is 0 Å². The van der Waals surface area contributed by atoms with Gasteiger partial charge in [0.15, 0.2) is 0 Å². The number of hydrogen-bond acceptors (Lipinski definition) is 3. The second-order valence-electron chi connectivity index (χ2n) is 5.72. The Hall–Kier alpha value is -3.71. The zero-order valence-electron chi connectivity index (χ0n) is 14.4. The molecule has 0 atom stereocenters. The van der Waals surface area contributed by atoms with E-state index in [9.17, 15) is 4.79 Å². The van der Waals surface area contributed by atoms with Crippen molar-refractivity contribution in [2.24, 2.45) is 0 Å². The first-order valence-electron chi connectivity index (χ1n) is 8.02. The Morgan fingerprint density at radius 1 is 1.19 bits per heavy atom. The molecule has 0 spiro atoms. The maximum Gasteiger partial charge on any atom is 0.255 e. The summed E-state index contributed by atoms with van der Waals surface area (Å²) in [5.41, 5.74) is 4.45. The minimum atomic E-state index is -0.239. The van der Waals surface area contributed by atoms with Crippen LogP contribution in [0.3, 0.4) is 0 Å². The third kappa shape index (κ3) is 3.68. The molecule has 0 saturated heterocycles. The molecule has 3 rings (SSSR count). The van der Waals surface area contributed by atoms with Crippen LogP contribution in [-0.4, -0.2) is 15.9 Å². The Kier molecular flexibility index (Phi) is 4.91. The number of fused-ring (bicyclic) bond motifs is 1. The number of carbonyl (C=O) groups is 1. The van der Waals surface area contributed by atoms with E-state index in [1.54, 1.807) is 18.3 Å². The summed E-state index contributed by atoms with van der Waals surface area (Å²) in [5, 5.41) is 3.57. The van der Waals surface area contributed by atoms with Gasteiger partial charge in [0.1, 0.15) is 6.33 Å². The molecule has 1 aromatic heterocycles. The summed E-state index contributed by atoms with van der Waals surface area (Å²) in [6.07, 6.45) is 4.77. The van der Waals surface area contributed by atoms with Gasteiger partial charge in [-0.05, 0) is 42.8 Å². The lowest BCUT2D eigenvalue weighted by atomic mass is 10.0. The minimum Gasteiger partial charge on any atom is -0.323 e. The molecule has 126 valence electrons. The Morgan fingerprint density at radius 2 is 2.00 bits per heavy atom. The first-order valence-corrected chi connectivity index (χ1v) is 8.02. The van der Waals surface area contributed by atoms with Crippen LogP contribution in [0.15, 0.2) is 73.9 Å². The molecule has 0 bridgehead atoms. The zero-order chi connectivity index (χ0) is 18.5. The van der Waals surface area contributed by atoms with Crippen LogP contribution in [-0.2, 0) is 0 Å². The maximum atomic E-state index is 12.2. The molecule has 0 unspecified atom stereocenters. The van der Waals surface area contributed by atoms with Gasteiger partial charge < -0.3 is 5.32 Å². The fourth-order valence-electron chi connectivity index (χ4n) is 2.42. The van der Waals surface area contributed by atoms with Gasteiger partial charge in [0.2, 0.25) is 0 Å². The van der Waals surface area contributed by atoms with Gasteiger partial charge in [-0.2, -0.15) is 0 Å². The highest BCUT2D eigenvalue weighted by Gasteiger charge is 2.07. The maximum absolute atomic E-state index is 12.2. The molecule has 2 aromatic carbocycles. The normalized spacial score (nSPS) is 9.88. The van der Waals surface area contributed by atoms with Crippen molar-refractivity contribution in [3.63, 3.8) is 0 Å². The molecule has 0 radical (unpaired) electrons. The van der Waals surface area contributed by atoms with Crippen LogP contribution in [0.2, 0.25) is 0 Å². The molecule has 0 saturated carbocycles. The van der Waals surface area contributed by atoms with Crippen LogP contribution in [0.4, 0.5) is 0 Å². The number of hydrogen-bond donors (Lipinski definition) is 1. The van der Waals surface area contributed by atoms with Gasteiger partial charge in [-0.25, -0.2) is 9.97 Å². The predicted octanol–water partition coefficient (Wildman–Crippen LogP) is 3.77. The molecule has 4 nitrogen and oxygen atoms in total. The standard InChI is InChI=1S/C22H17N3O/c1-4-16(3)25-22(26)19-9-8-15(2)18(12-19)11-10-17-6-5-7-21-20(17)13-23-14-24-21/h4-9,12-14H,1,3H2,2H3,(H,25,26). The summed E-state index contributed by atoms with van der Waals surface area (Å²) in [4.78, 5) is 20.6. The van der Waals surface area contributed by atoms with Gasteiger partial charge in [-0.1, -0.05) is 37.1 Å². The molecule has 1 heterocycles. The molecule has 3 aromatic rings. The van der Waals surface area contributed by atoms with Gasteiger partial charge in [0.25, 0.3) is 5.91 Å². The van der Waals surface area contributed by atoms with Crippen LogP contribution >= 0.6 is 0 Å². The van der Waals surface area contributed by atoms with E-state index in [4.69, 9.17) is 0 Å². The summed E-state index contributed by atoms with van der Waals surface area (Å²) >= 11 is 0. The first kappa shape index (κ1) is 17.1. The fourth-order valence-corrected chi connectivity index (χ4v) is 2.42. The minimum absolute atomic E-state index is 0.239. The zero-order valence-corrected chi connectivity index (χ0v) is 14.4. The van der Waals surface area contributed by atoms with E-state index >= 15 is 0 Å². The Labute approximate surface area is 152 Å². The Balaban J connectivity index is 1.97. The monoisotopic (exact) mass is 339 g/mol. The number of nitrogens with one attached hydrogen (secondary N) is 1. The number of amides is 1. The highest BCUT2D eigenvalue weighted by Crippen LogP contribution is 2.15. The van der Waals surface area contributed by atoms with Crippen molar-refractivity contribution in [2.75, 3.05) is 0 Å². The molecule has 1 N–H and O–H groups in total. The number of aryl methyl sites for hydroxylation is 1. The van der Waals surface area contributed by atoms with E-state index in [0.717, 1.165) is 27.6 Å². The smallest absolute Gasteiger partial charge is 0.255 e. The summed E-state index contributed by atoms with van der Waals surface area (Å²) in [6, 6.07) is 11.2. The lowest BCUT2D eigenvalue weighted by Gasteiger charge is -2.06. The number of aromatic nitrogens is 2.